The van der Waals surface area contributed by atoms with Crippen LogP contribution in [0.25, 0.3) is 0 Å². The monoisotopic (exact) mass is 480 g/mol. The van der Waals surface area contributed by atoms with E-state index in [1.165, 1.54) is 0 Å². The highest BCUT2D eigenvalue weighted by Gasteiger charge is 2.28. The second-order valence-corrected chi connectivity index (χ2v) is 10.1. The molecule has 7 nitrogen and oxygen atoms in total. The smallest absolute Gasteiger partial charge is 0.241 e. The average Bonchev–Trinajstić information content (AvgIpc) is 3.24. The van der Waals surface area contributed by atoms with E-state index >= 15 is 0 Å². The fraction of sp³-hybridized carbons (Fsp3) is 0.269. The molecule has 2 N–H and O–H groups in total. The maximum Gasteiger partial charge on any atom is 0.241 e. The van der Waals surface area contributed by atoms with E-state index in [0.29, 0.717) is 22.6 Å². The fourth-order valence-corrected chi connectivity index (χ4v) is 5.89. The van der Waals surface area contributed by atoms with Crippen LogP contribution in [0.5, 0.6) is 11.5 Å². The molecular formula is C26H28N2O5S. The van der Waals surface area contributed by atoms with Crippen molar-refractivity contribution in [3.63, 3.8) is 0 Å². The number of benzene rings is 3. The molecule has 1 aliphatic heterocycles. The Hall–Kier alpha value is -3.36. The number of aryl methyl sites for hydroxylation is 3. The summed E-state index contributed by atoms with van der Waals surface area (Å²) in [4.78, 5) is 13.4. The van der Waals surface area contributed by atoms with Gasteiger partial charge in [0, 0.05) is 6.54 Å². The van der Waals surface area contributed by atoms with Crippen LogP contribution in [0.15, 0.2) is 65.6 Å². The lowest BCUT2D eigenvalue weighted by Gasteiger charge is -2.21. The molecule has 1 atom stereocenters. The largest absolute Gasteiger partial charge is 0.454 e. The van der Waals surface area contributed by atoms with Crippen LogP contribution in [0.4, 0.5) is 0 Å². The van der Waals surface area contributed by atoms with E-state index in [9.17, 15) is 13.2 Å². The lowest BCUT2D eigenvalue weighted by atomic mass is 10.1. The average molecular weight is 481 g/mol. The zero-order valence-electron chi connectivity index (χ0n) is 19.4. The van der Waals surface area contributed by atoms with E-state index in [1.54, 1.807) is 26.0 Å². The molecule has 0 spiro atoms. The number of nitrogens with one attached hydrogen (secondary N) is 2. The number of hydrogen-bond donors (Lipinski definition) is 2. The van der Waals surface area contributed by atoms with Crippen molar-refractivity contribution in [1.29, 1.82) is 0 Å². The van der Waals surface area contributed by atoms with Gasteiger partial charge in [0.15, 0.2) is 11.5 Å². The summed E-state index contributed by atoms with van der Waals surface area (Å²) in [7, 11) is -3.94. The molecule has 4 rings (SSSR count). The molecule has 0 saturated carbocycles. The van der Waals surface area contributed by atoms with Gasteiger partial charge in [0.05, 0.1) is 4.90 Å². The van der Waals surface area contributed by atoms with Crippen molar-refractivity contribution in [2.45, 2.75) is 44.7 Å². The van der Waals surface area contributed by atoms with Crippen LogP contribution < -0.4 is 19.5 Å². The van der Waals surface area contributed by atoms with E-state index in [2.05, 4.69) is 10.0 Å². The van der Waals surface area contributed by atoms with E-state index in [0.717, 1.165) is 16.7 Å². The number of rotatable bonds is 8. The summed E-state index contributed by atoms with van der Waals surface area (Å²) < 4.78 is 40.1. The Kier molecular flexibility index (Phi) is 6.90. The number of hydrogen-bond acceptors (Lipinski definition) is 5. The summed E-state index contributed by atoms with van der Waals surface area (Å²) in [5, 5.41) is 2.86. The summed E-state index contributed by atoms with van der Waals surface area (Å²) >= 11 is 0. The van der Waals surface area contributed by atoms with Crippen molar-refractivity contribution in [2.75, 3.05) is 6.79 Å². The van der Waals surface area contributed by atoms with Gasteiger partial charge >= 0.3 is 0 Å². The number of carbonyl (C=O) groups excluding carboxylic acids is 1. The molecule has 8 heteroatoms. The first kappa shape index (κ1) is 23.8. The van der Waals surface area contributed by atoms with Crippen LogP contribution in [-0.4, -0.2) is 27.2 Å². The van der Waals surface area contributed by atoms with Crippen LogP contribution in [0.1, 0.15) is 27.8 Å². The topological polar surface area (TPSA) is 93.7 Å². The molecule has 3 aromatic carbocycles. The molecule has 0 saturated heterocycles. The normalized spacial score (nSPS) is 13.5. The molecule has 178 valence electrons. The van der Waals surface area contributed by atoms with Crippen molar-refractivity contribution < 1.29 is 22.7 Å². The first-order chi connectivity index (χ1) is 16.2. The number of fused-ring (bicyclic) bond motifs is 1. The Morgan fingerprint density at radius 3 is 2.29 bits per heavy atom. The van der Waals surface area contributed by atoms with E-state index in [-0.39, 0.29) is 24.7 Å². The van der Waals surface area contributed by atoms with Gasteiger partial charge in [0.2, 0.25) is 22.7 Å². The van der Waals surface area contributed by atoms with Gasteiger partial charge in [-0.25, -0.2) is 8.42 Å². The van der Waals surface area contributed by atoms with Gasteiger partial charge in [-0.05, 0) is 61.6 Å². The number of sulfonamides is 1. The fourth-order valence-electron chi connectivity index (χ4n) is 4.24. The molecule has 0 unspecified atom stereocenters. The summed E-state index contributed by atoms with van der Waals surface area (Å²) in [5.74, 6) is 0.875. The van der Waals surface area contributed by atoms with Crippen molar-refractivity contribution >= 4 is 15.9 Å². The summed E-state index contributed by atoms with van der Waals surface area (Å²) in [6, 6.07) is 17.4. The lowest BCUT2D eigenvalue weighted by molar-refractivity contribution is -0.122. The molecule has 1 amide bonds. The first-order valence-corrected chi connectivity index (χ1v) is 12.5. The Bertz CT molecular complexity index is 1280. The van der Waals surface area contributed by atoms with Crippen LogP contribution in [0.2, 0.25) is 0 Å². The molecule has 1 aliphatic rings. The quantitative estimate of drug-likeness (QED) is 0.514. The molecule has 0 bridgehead atoms. The van der Waals surface area contributed by atoms with Gasteiger partial charge in [0.25, 0.3) is 0 Å². The van der Waals surface area contributed by atoms with Gasteiger partial charge in [0.1, 0.15) is 6.04 Å². The van der Waals surface area contributed by atoms with Crippen molar-refractivity contribution in [2.24, 2.45) is 0 Å². The first-order valence-electron chi connectivity index (χ1n) is 11.0. The maximum atomic E-state index is 13.4. The third kappa shape index (κ3) is 5.40. The van der Waals surface area contributed by atoms with Gasteiger partial charge in [-0.1, -0.05) is 54.1 Å². The zero-order chi connectivity index (χ0) is 24.3. The highest BCUT2D eigenvalue weighted by molar-refractivity contribution is 7.89. The molecule has 0 fully saturated rings. The summed E-state index contributed by atoms with van der Waals surface area (Å²) in [5.41, 5.74) is 3.94. The third-order valence-corrected chi connectivity index (χ3v) is 7.45. The standard InChI is InChI=1S/C26H28N2O5S/c1-17-11-18(2)25(19(3)12-17)34(30,31)28-22(13-20-7-5-4-6-8-20)26(29)27-15-21-9-10-23-24(14-21)33-16-32-23/h4-12,14,22,28H,13,15-16H2,1-3H3,(H,27,29)/t22-/m0/s1. The van der Waals surface area contributed by atoms with Gasteiger partial charge < -0.3 is 14.8 Å². The minimum atomic E-state index is -3.94. The highest BCUT2D eigenvalue weighted by atomic mass is 32.2. The van der Waals surface area contributed by atoms with E-state index in [4.69, 9.17) is 9.47 Å². The molecule has 34 heavy (non-hydrogen) atoms. The minimum Gasteiger partial charge on any atom is -0.454 e. The Labute approximate surface area is 200 Å². The number of carbonyl (C=O) groups is 1. The maximum absolute atomic E-state index is 13.4. The number of ether oxygens (including phenoxy) is 2. The summed E-state index contributed by atoms with van der Waals surface area (Å²) in [6.07, 6.45) is 0.219. The van der Waals surface area contributed by atoms with Crippen LogP contribution in [-0.2, 0) is 27.8 Å². The second kappa shape index (κ2) is 9.87. The third-order valence-electron chi connectivity index (χ3n) is 5.67. The van der Waals surface area contributed by atoms with Crippen LogP contribution in [0, 0.1) is 20.8 Å². The molecule has 0 aliphatic carbocycles. The molecular weight excluding hydrogens is 452 g/mol. The second-order valence-electron chi connectivity index (χ2n) is 8.50. The van der Waals surface area contributed by atoms with Crippen molar-refractivity contribution in [3.05, 3.63) is 88.5 Å². The molecule has 1 heterocycles. The lowest BCUT2D eigenvalue weighted by Crippen LogP contribution is -2.48. The Morgan fingerprint density at radius 1 is 0.912 bits per heavy atom. The molecule has 3 aromatic rings. The highest BCUT2D eigenvalue weighted by Crippen LogP contribution is 2.32. The van der Waals surface area contributed by atoms with Crippen molar-refractivity contribution in [3.8, 4) is 11.5 Å². The SMILES string of the molecule is Cc1cc(C)c(S(=O)(=O)N[C@@H](Cc2ccccc2)C(=O)NCc2ccc3c(c2)OCO3)c(C)c1. The zero-order valence-corrected chi connectivity index (χ0v) is 20.2. The Balaban J connectivity index is 1.55. The molecule has 0 radical (unpaired) electrons. The van der Waals surface area contributed by atoms with Gasteiger partial charge in [-0.2, -0.15) is 4.72 Å². The predicted molar refractivity (Wildman–Crippen MR) is 129 cm³/mol. The summed E-state index contributed by atoms with van der Waals surface area (Å²) in [6.45, 7) is 5.85. The van der Waals surface area contributed by atoms with Crippen LogP contribution in [0.3, 0.4) is 0 Å². The van der Waals surface area contributed by atoms with E-state index < -0.39 is 22.0 Å². The van der Waals surface area contributed by atoms with Crippen LogP contribution >= 0.6 is 0 Å². The number of amides is 1. The molecule has 0 aromatic heterocycles. The predicted octanol–water partition coefficient (Wildman–Crippen LogP) is 3.55. The Morgan fingerprint density at radius 2 is 1.59 bits per heavy atom. The van der Waals surface area contributed by atoms with Gasteiger partial charge in [-0.15, -0.1) is 0 Å². The van der Waals surface area contributed by atoms with E-state index in [1.807, 2.05) is 55.5 Å². The van der Waals surface area contributed by atoms with Gasteiger partial charge in [-0.3, -0.25) is 4.79 Å². The minimum absolute atomic E-state index is 0.171. The van der Waals surface area contributed by atoms with Crippen molar-refractivity contribution in [1.82, 2.24) is 10.0 Å².